The molecule has 0 spiro atoms. The number of aryl methyl sites for hydroxylation is 1. The van der Waals surface area contributed by atoms with E-state index in [1.165, 1.54) is 5.56 Å². The molecule has 0 saturated heterocycles. The SMILES string of the molecule is Cc1nccn1-c1cc(Cl)ccc1CNC(C)(C)C. The van der Waals surface area contributed by atoms with Crippen LogP contribution in [0, 0.1) is 6.92 Å². The van der Waals surface area contributed by atoms with E-state index in [1.54, 1.807) is 6.20 Å². The molecule has 102 valence electrons. The first kappa shape index (κ1) is 14.1. The van der Waals surface area contributed by atoms with Crippen molar-refractivity contribution in [2.45, 2.75) is 39.8 Å². The summed E-state index contributed by atoms with van der Waals surface area (Å²) in [6.07, 6.45) is 3.76. The van der Waals surface area contributed by atoms with Crippen LogP contribution in [0.5, 0.6) is 0 Å². The lowest BCUT2D eigenvalue weighted by Crippen LogP contribution is -2.35. The Bertz CT molecular complexity index is 567. The predicted molar refractivity (Wildman–Crippen MR) is 79.9 cm³/mol. The van der Waals surface area contributed by atoms with Gasteiger partial charge in [0.1, 0.15) is 5.82 Å². The van der Waals surface area contributed by atoms with E-state index in [0.717, 1.165) is 23.1 Å². The van der Waals surface area contributed by atoms with Crippen molar-refractivity contribution >= 4 is 11.6 Å². The van der Waals surface area contributed by atoms with Crippen LogP contribution >= 0.6 is 11.6 Å². The van der Waals surface area contributed by atoms with Crippen LogP contribution in [0.1, 0.15) is 32.2 Å². The molecule has 3 nitrogen and oxygen atoms in total. The molecule has 0 aliphatic heterocycles. The molecule has 0 amide bonds. The lowest BCUT2D eigenvalue weighted by atomic mass is 10.1. The molecular weight excluding hydrogens is 258 g/mol. The molecule has 0 radical (unpaired) electrons. The lowest BCUT2D eigenvalue weighted by Gasteiger charge is -2.22. The Labute approximate surface area is 119 Å². The number of aromatic nitrogens is 2. The summed E-state index contributed by atoms with van der Waals surface area (Å²) in [4.78, 5) is 4.27. The molecule has 1 aromatic heterocycles. The largest absolute Gasteiger partial charge is 0.308 e. The highest BCUT2D eigenvalue weighted by atomic mass is 35.5. The van der Waals surface area contributed by atoms with Gasteiger partial charge in [-0.25, -0.2) is 4.98 Å². The third kappa shape index (κ3) is 3.58. The maximum absolute atomic E-state index is 6.12. The molecule has 0 bridgehead atoms. The smallest absolute Gasteiger partial charge is 0.110 e. The fourth-order valence-electron chi connectivity index (χ4n) is 1.90. The zero-order valence-corrected chi connectivity index (χ0v) is 12.6. The second-order valence-electron chi connectivity index (χ2n) is 5.72. The van der Waals surface area contributed by atoms with Crippen LogP contribution < -0.4 is 5.32 Å². The highest BCUT2D eigenvalue weighted by Gasteiger charge is 2.12. The molecule has 0 aliphatic rings. The van der Waals surface area contributed by atoms with Gasteiger partial charge in [0.05, 0.1) is 5.69 Å². The Balaban J connectivity index is 2.36. The van der Waals surface area contributed by atoms with Crippen LogP contribution in [0.2, 0.25) is 5.02 Å². The summed E-state index contributed by atoms with van der Waals surface area (Å²) in [5.41, 5.74) is 2.38. The van der Waals surface area contributed by atoms with Gasteiger partial charge in [-0.05, 0) is 45.4 Å². The van der Waals surface area contributed by atoms with Crippen molar-refractivity contribution in [3.05, 3.63) is 47.0 Å². The van der Waals surface area contributed by atoms with Crippen molar-refractivity contribution in [2.75, 3.05) is 0 Å². The molecular formula is C15H20ClN3. The summed E-state index contributed by atoms with van der Waals surface area (Å²) in [5.74, 6) is 0.958. The standard InChI is InChI=1S/C15H20ClN3/c1-11-17-7-8-19(11)14-9-13(16)6-5-12(14)10-18-15(2,3)4/h5-9,18H,10H2,1-4H3. The fourth-order valence-corrected chi connectivity index (χ4v) is 2.07. The van der Waals surface area contributed by atoms with Gasteiger partial charge < -0.3 is 9.88 Å². The van der Waals surface area contributed by atoms with Gasteiger partial charge in [-0.1, -0.05) is 17.7 Å². The topological polar surface area (TPSA) is 29.9 Å². The Morgan fingerprint density at radius 1 is 1.32 bits per heavy atom. The molecule has 4 heteroatoms. The van der Waals surface area contributed by atoms with E-state index in [4.69, 9.17) is 11.6 Å². The number of hydrogen-bond acceptors (Lipinski definition) is 2. The van der Waals surface area contributed by atoms with E-state index < -0.39 is 0 Å². The van der Waals surface area contributed by atoms with Crippen LogP contribution in [0.4, 0.5) is 0 Å². The number of imidazole rings is 1. The van der Waals surface area contributed by atoms with E-state index >= 15 is 0 Å². The maximum atomic E-state index is 6.12. The zero-order chi connectivity index (χ0) is 14.0. The molecule has 0 unspecified atom stereocenters. The number of halogens is 1. The van der Waals surface area contributed by atoms with Gasteiger partial charge >= 0.3 is 0 Å². The minimum atomic E-state index is 0.0842. The summed E-state index contributed by atoms with van der Waals surface area (Å²) in [7, 11) is 0. The van der Waals surface area contributed by atoms with Gasteiger partial charge in [-0.3, -0.25) is 0 Å². The first-order valence-corrected chi connectivity index (χ1v) is 6.78. The van der Waals surface area contributed by atoms with Gasteiger partial charge in [-0.2, -0.15) is 0 Å². The summed E-state index contributed by atoms with van der Waals surface area (Å²) in [5, 5.41) is 4.24. The average molecular weight is 278 g/mol. The Morgan fingerprint density at radius 3 is 2.63 bits per heavy atom. The molecule has 0 saturated carbocycles. The molecule has 19 heavy (non-hydrogen) atoms. The average Bonchev–Trinajstić information content (AvgIpc) is 2.72. The van der Waals surface area contributed by atoms with E-state index in [1.807, 2.05) is 25.3 Å². The van der Waals surface area contributed by atoms with Crippen molar-refractivity contribution < 1.29 is 0 Å². The first-order valence-electron chi connectivity index (χ1n) is 6.40. The summed E-state index contributed by atoms with van der Waals surface area (Å²) in [6.45, 7) is 9.26. The van der Waals surface area contributed by atoms with Crippen molar-refractivity contribution in [1.29, 1.82) is 0 Å². The Kier molecular flexibility index (Phi) is 3.97. The number of benzene rings is 1. The zero-order valence-electron chi connectivity index (χ0n) is 11.9. The second kappa shape index (κ2) is 5.35. The van der Waals surface area contributed by atoms with Crippen molar-refractivity contribution in [3.8, 4) is 5.69 Å². The summed E-state index contributed by atoms with van der Waals surface area (Å²) in [6, 6.07) is 5.97. The first-order chi connectivity index (χ1) is 8.87. The van der Waals surface area contributed by atoms with Gasteiger partial charge in [0.15, 0.2) is 0 Å². The highest BCUT2D eigenvalue weighted by Crippen LogP contribution is 2.21. The van der Waals surface area contributed by atoms with Crippen molar-refractivity contribution in [3.63, 3.8) is 0 Å². The van der Waals surface area contributed by atoms with Gasteiger partial charge in [0.25, 0.3) is 0 Å². The molecule has 0 atom stereocenters. The third-order valence-corrected chi connectivity index (χ3v) is 3.18. The minimum Gasteiger partial charge on any atom is -0.308 e. The molecule has 1 aromatic carbocycles. The third-order valence-electron chi connectivity index (χ3n) is 2.94. The van der Waals surface area contributed by atoms with E-state index in [-0.39, 0.29) is 5.54 Å². The fraction of sp³-hybridized carbons (Fsp3) is 0.400. The molecule has 0 aliphatic carbocycles. The molecule has 2 rings (SSSR count). The number of nitrogens with one attached hydrogen (secondary N) is 1. The molecule has 2 aromatic rings. The van der Waals surface area contributed by atoms with Crippen LogP contribution in [0.25, 0.3) is 5.69 Å². The van der Waals surface area contributed by atoms with Crippen molar-refractivity contribution in [1.82, 2.24) is 14.9 Å². The van der Waals surface area contributed by atoms with E-state index in [0.29, 0.717) is 0 Å². The van der Waals surface area contributed by atoms with Crippen LogP contribution in [-0.2, 0) is 6.54 Å². The molecule has 1 N–H and O–H groups in total. The van der Waals surface area contributed by atoms with E-state index in [9.17, 15) is 0 Å². The van der Waals surface area contributed by atoms with Gasteiger partial charge in [0.2, 0.25) is 0 Å². The predicted octanol–water partition coefficient (Wildman–Crippen LogP) is 3.72. The normalized spacial score (nSPS) is 11.8. The molecule has 1 heterocycles. The summed E-state index contributed by atoms with van der Waals surface area (Å²) < 4.78 is 2.06. The van der Waals surface area contributed by atoms with Crippen LogP contribution in [-0.4, -0.2) is 15.1 Å². The van der Waals surface area contributed by atoms with Crippen LogP contribution in [0.15, 0.2) is 30.6 Å². The highest BCUT2D eigenvalue weighted by molar-refractivity contribution is 6.30. The Morgan fingerprint density at radius 2 is 2.05 bits per heavy atom. The number of hydrogen-bond donors (Lipinski definition) is 1. The maximum Gasteiger partial charge on any atom is 0.110 e. The van der Waals surface area contributed by atoms with E-state index in [2.05, 4.69) is 41.7 Å². The number of rotatable bonds is 3. The van der Waals surface area contributed by atoms with Gasteiger partial charge in [0, 0.05) is 29.5 Å². The van der Waals surface area contributed by atoms with Crippen molar-refractivity contribution in [2.24, 2.45) is 0 Å². The summed E-state index contributed by atoms with van der Waals surface area (Å²) >= 11 is 6.12. The van der Waals surface area contributed by atoms with Gasteiger partial charge in [-0.15, -0.1) is 0 Å². The Hall–Kier alpha value is -1.32. The van der Waals surface area contributed by atoms with Crippen LogP contribution in [0.3, 0.4) is 0 Å². The lowest BCUT2D eigenvalue weighted by molar-refractivity contribution is 0.424. The monoisotopic (exact) mass is 277 g/mol. The minimum absolute atomic E-state index is 0.0842. The molecule has 0 fully saturated rings. The second-order valence-corrected chi connectivity index (χ2v) is 6.16. The quantitative estimate of drug-likeness (QED) is 0.927. The number of nitrogens with zero attached hydrogens (tertiary/aromatic N) is 2.